The van der Waals surface area contributed by atoms with Crippen LogP contribution in [-0.2, 0) is 0 Å². The van der Waals surface area contributed by atoms with E-state index < -0.39 is 0 Å². The van der Waals surface area contributed by atoms with Crippen molar-refractivity contribution in [3.63, 3.8) is 0 Å². The predicted molar refractivity (Wildman–Crippen MR) is 84.3 cm³/mol. The van der Waals surface area contributed by atoms with E-state index in [1.165, 1.54) is 16.7 Å². The van der Waals surface area contributed by atoms with Crippen molar-refractivity contribution in [2.45, 2.75) is 26.8 Å². The Kier molecular flexibility index (Phi) is 4.97. The van der Waals surface area contributed by atoms with E-state index in [0.29, 0.717) is 17.9 Å². The third-order valence-corrected chi connectivity index (χ3v) is 3.72. The number of likely N-dealkylation sites (N-methyl/N-ethyl adjacent to an activating group) is 1. The molecule has 0 aliphatic rings. The van der Waals surface area contributed by atoms with Crippen LogP contribution in [0.5, 0.6) is 5.75 Å². The van der Waals surface area contributed by atoms with Crippen LogP contribution < -0.4 is 10.1 Å². The summed E-state index contributed by atoms with van der Waals surface area (Å²) in [5.41, 5.74) is 4.19. The highest BCUT2D eigenvalue weighted by Crippen LogP contribution is 2.23. The lowest BCUT2D eigenvalue weighted by molar-refractivity contribution is 0.260. The van der Waals surface area contributed by atoms with Crippen LogP contribution in [0.25, 0.3) is 0 Å². The maximum atomic E-state index is 14.0. The summed E-state index contributed by atoms with van der Waals surface area (Å²) >= 11 is 0. The minimum Gasteiger partial charge on any atom is -0.489 e. The summed E-state index contributed by atoms with van der Waals surface area (Å²) in [5, 5.41) is 3.24. The van der Waals surface area contributed by atoms with Crippen LogP contribution in [0.3, 0.4) is 0 Å². The van der Waals surface area contributed by atoms with Crippen molar-refractivity contribution in [2.75, 3.05) is 13.7 Å². The first-order valence-electron chi connectivity index (χ1n) is 7.15. The Labute approximate surface area is 126 Å². The van der Waals surface area contributed by atoms with Gasteiger partial charge in [0.25, 0.3) is 0 Å². The van der Waals surface area contributed by atoms with E-state index in [-0.39, 0.29) is 11.9 Å². The van der Waals surface area contributed by atoms with Gasteiger partial charge in [0.15, 0.2) is 11.6 Å². The van der Waals surface area contributed by atoms with Gasteiger partial charge in [-0.25, -0.2) is 4.39 Å². The van der Waals surface area contributed by atoms with E-state index >= 15 is 0 Å². The number of ether oxygens (including phenoxy) is 1. The highest BCUT2D eigenvalue weighted by molar-refractivity contribution is 5.34. The molecule has 0 fully saturated rings. The average molecular weight is 287 g/mol. The minimum absolute atomic E-state index is 0.0322. The molecule has 0 heterocycles. The van der Waals surface area contributed by atoms with Gasteiger partial charge >= 0.3 is 0 Å². The highest BCUT2D eigenvalue weighted by Gasteiger charge is 2.14. The summed E-state index contributed by atoms with van der Waals surface area (Å²) < 4.78 is 19.6. The first-order valence-corrected chi connectivity index (χ1v) is 7.15. The van der Waals surface area contributed by atoms with Gasteiger partial charge in [-0.15, -0.1) is 0 Å². The molecular weight excluding hydrogens is 265 g/mol. The summed E-state index contributed by atoms with van der Waals surface area (Å²) in [6.07, 6.45) is 0. The van der Waals surface area contributed by atoms with E-state index in [1.807, 2.05) is 7.05 Å². The zero-order valence-electron chi connectivity index (χ0n) is 13.0. The number of benzene rings is 2. The number of hydrogen-bond acceptors (Lipinski definition) is 2. The molecule has 2 aromatic carbocycles. The molecule has 1 atom stereocenters. The smallest absolute Gasteiger partial charge is 0.167 e. The fourth-order valence-corrected chi connectivity index (χ4v) is 2.37. The molecule has 0 saturated heterocycles. The van der Waals surface area contributed by atoms with Crippen LogP contribution in [-0.4, -0.2) is 13.7 Å². The van der Waals surface area contributed by atoms with Crippen molar-refractivity contribution in [3.8, 4) is 5.75 Å². The van der Waals surface area contributed by atoms with Gasteiger partial charge in [-0.3, -0.25) is 0 Å². The summed E-state index contributed by atoms with van der Waals surface area (Å²) in [5.74, 6) is 0.0221. The van der Waals surface area contributed by atoms with E-state index in [1.54, 1.807) is 25.1 Å². The second-order valence-corrected chi connectivity index (χ2v) is 5.40. The lowest BCUT2D eigenvalue weighted by Gasteiger charge is -2.20. The Hall–Kier alpha value is -1.87. The average Bonchev–Trinajstić information content (AvgIpc) is 2.47. The van der Waals surface area contributed by atoms with E-state index in [0.717, 1.165) is 0 Å². The Morgan fingerprint density at radius 1 is 1.10 bits per heavy atom. The second-order valence-electron chi connectivity index (χ2n) is 5.40. The Bertz CT molecular complexity index is 625. The molecule has 2 rings (SSSR count). The summed E-state index contributed by atoms with van der Waals surface area (Å²) in [7, 11) is 1.89. The summed E-state index contributed by atoms with van der Waals surface area (Å²) in [6.45, 7) is 6.27. The van der Waals surface area contributed by atoms with Gasteiger partial charge in [0.2, 0.25) is 0 Å². The zero-order valence-corrected chi connectivity index (χ0v) is 13.0. The van der Waals surface area contributed by atoms with E-state index in [9.17, 15) is 4.39 Å². The molecule has 0 bridgehead atoms. The van der Waals surface area contributed by atoms with Gasteiger partial charge in [-0.05, 0) is 50.6 Å². The first kappa shape index (κ1) is 15.5. The summed E-state index contributed by atoms with van der Waals surface area (Å²) in [6, 6.07) is 11.6. The van der Waals surface area contributed by atoms with Crippen molar-refractivity contribution < 1.29 is 9.13 Å². The number of nitrogens with one attached hydrogen (secondary N) is 1. The third kappa shape index (κ3) is 3.61. The largest absolute Gasteiger partial charge is 0.489 e. The Morgan fingerprint density at radius 3 is 2.57 bits per heavy atom. The molecule has 2 aromatic rings. The van der Waals surface area contributed by atoms with Crippen molar-refractivity contribution >= 4 is 0 Å². The number of rotatable bonds is 5. The van der Waals surface area contributed by atoms with Gasteiger partial charge in [0, 0.05) is 0 Å². The SMILES string of the molecule is CNC(COc1cccc(C)c1F)c1cc(C)ccc1C. The molecule has 21 heavy (non-hydrogen) atoms. The summed E-state index contributed by atoms with van der Waals surface area (Å²) in [4.78, 5) is 0. The van der Waals surface area contributed by atoms with Crippen LogP contribution in [0.4, 0.5) is 4.39 Å². The van der Waals surface area contributed by atoms with Gasteiger partial charge in [0.1, 0.15) is 6.61 Å². The monoisotopic (exact) mass is 287 g/mol. The van der Waals surface area contributed by atoms with Crippen LogP contribution in [0.2, 0.25) is 0 Å². The second kappa shape index (κ2) is 6.72. The maximum absolute atomic E-state index is 14.0. The van der Waals surface area contributed by atoms with Crippen molar-refractivity contribution in [2.24, 2.45) is 0 Å². The topological polar surface area (TPSA) is 21.3 Å². The normalized spacial score (nSPS) is 12.2. The molecule has 2 nitrogen and oxygen atoms in total. The van der Waals surface area contributed by atoms with Crippen LogP contribution >= 0.6 is 0 Å². The highest BCUT2D eigenvalue weighted by atomic mass is 19.1. The Balaban J connectivity index is 2.16. The molecule has 112 valence electrons. The molecule has 0 amide bonds. The molecule has 0 aliphatic heterocycles. The maximum Gasteiger partial charge on any atom is 0.167 e. The van der Waals surface area contributed by atoms with Gasteiger partial charge in [-0.2, -0.15) is 0 Å². The zero-order chi connectivity index (χ0) is 15.4. The minimum atomic E-state index is -0.284. The van der Waals surface area contributed by atoms with E-state index in [4.69, 9.17) is 4.74 Å². The van der Waals surface area contributed by atoms with Crippen molar-refractivity contribution in [1.29, 1.82) is 0 Å². The number of hydrogen-bond donors (Lipinski definition) is 1. The lowest BCUT2D eigenvalue weighted by Crippen LogP contribution is -2.24. The van der Waals surface area contributed by atoms with Gasteiger partial charge in [0.05, 0.1) is 6.04 Å². The number of halogens is 1. The standard InChI is InChI=1S/C18H22FNO/c1-12-8-9-13(2)15(10-12)16(20-4)11-21-17-7-5-6-14(3)18(17)19/h5-10,16,20H,11H2,1-4H3. The quantitative estimate of drug-likeness (QED) is 0.894. The van der Waals surface area contributed by atoms with Gasteiger partial charge in [-0.1, -0.05) is 35.9 Å². The molecule has 0 aliphatic carbocycles. The Morgan fingerprint density at radius 2 is 1.86 bits per heavy atom. The van der Waals surface area contributed by atoms with Crippen molar-refractivity contribution in [3.05, 3.63) is 64.5 Å². The molecule has 0 radical (unpaired) electrons. The van der Waals surface area contributed by atoms with Crippen LogP contribution in [0, 0.1) is 26.6 Å². The van der Waals surface area contributed by atoms with Crippen LogP contribution in [0.15, 0.2) is 36.4 Å². The molecule has 1 N–H and O–H groups in total. The van der Waals surface area contributed by atoms with E-state index in [2.05, 4.69) is 37.4 Å². The van der Waals surface area contributed by atoms with Gasteiger partial charge < -0.3 is 10.1 Å². The molecule has 0 saturated carbocycles. The molecule has 3 heteroatoms. The first-order chi connectivity index (χ1) is 10.0. The molecule has 0 spiro atoms. The third-order valence-electron chi connectivity index (χ3n) is 3.72. The lowest BCUT2D eigenvalue weighted by atomic mass is 9.99. The fraction of sp³-hybridized carbons (Fsp3) is 0.333. The number of aryl methyl sites for hydroxylation is 3. The molecule has 1 unspecified atom stereocenters. The predicted octanol–water partition coefficient (Wildman–Crippen LogP) is 4.09. The molecule has 0 aromatic heterocycles. The molecular formula is C18H22FNO. The van der Waals surface area contributed by atoms with Crippen molar-refractivity contribution in [1.82, 2.24) is 5.32 Å². The fourth-order valence-electron chi connectivity index (χ4n) is 2.37. The van der Waals surface area contributed by atoms with Crippen LogP contribution in [0.1, 0.15) is 28.3 Å².